The number of imide groups is 1. The molecule has 3 aliphatic heterocycles. The van der Waals surface area contributed by atoms with E-state index in [9.17, 15) is 27.6 Å². The topological polar surface area (TPSA) is 82.6 Å². The lowest BCUT2D eigenvalue weighted by Crippen LogP contribution is -2.50. The van der Waals surface area contributed by atoms with E-state index in [0.717, 1.165) is 11.6 Å². The van der Waals surface area contributed by atoms with Crippen LogP contribution in [0.1, 0.15) is 24.0 Å². The van der Waals surface area contributed by atoms with Crippen LogP contribution in [0.4, 0.5) is 23.7 Å². The third-order valence-corrected chi connectivity index (χ3v) is 5.96. The quantitative estimate of drug-likeness (QED) is 0.622. The molecule has 3 heterocycles. The van der Waals surface area contributed by atoms with E-state index >= 15 is 0 Å². The number of hydrogen-bond acceptors (Lipinski definition) is 7. The smallest absolute Gasteiger partial charge is 0.378 e. The molecule has 0 aliphatic carbocycles. The van der Waals surface area contributed by atoms with E-state index in [1.807, 2.05) is 9.80 Å². The van der Waals surface area contributed by atoms with Crippen molar-refractivity contribution >= 4 is 23.6 Å². The van der Waals surface area contributed by atoms with Crippen LogP contribution in [0.5, 0.6) is 0 Å². The van der Waals surface area contributed by atoms with Crippen molar-refractivity contribution in [3.8, 4) is 0 Å². The molecule has 180 valence electrons. The normalized spacial score (nSPS) is 20.5. The fraction of sp³-hybridized carbons (Fsp3) is 0.571. The monoisotopic (exact) mass is 470 g/mol. The van der Waals surface area contributed by atoms with Gasteiger partial charge in [-0.1, -0.05) is 6.07 Å². The molecule has 1 aromatic rings. The van der Waals surface area contributed by atoms with Gasteiger partial charge in [-0.05, 0) is 17.7 Å². The van der Waals surface area contributed by atoms with Crippen molar-refractivity contribution in [2.75, 3.05) is 57.4 Å². The number of rotatable bonds is 4. The van der Waals surface area contributed by atoms with Gasteiger partial charge in [-0.25, -0.2) is 4.79 Å². The summed E-state index contributed by atoms with van der Waals surface area (Å²) in [6.45, 7) is 3.93. The lowest BCUT2D eigenvalue weighted by atomic mass is 10.1. The molecular weight excluding hydrogens is 445 g/mol. The summed E-state index contributed by atoms with van der Waals surface area (Å²) in [7, 11) is 0. The van der Waals surface area contributed by atoms with E-state index in [2.05, 4.69) is 0 Å². The summed E-state index contributed by atoms with van der Waals surface area (Å²) in [4.78, 5) is 45.9. The Balaban J connectivity index is 1.39. The lowest BCUT2D eigenvalue weighted by molar-refractivity contribution is -0.174. The maximum atomic E-state index is 13.3. The van der Waals surface area contributed by atoms with Crippen molar-refractivity contribution in [2.45, 2.75) is 25.6 Å². The van der Waals surface area contributed by atoms with Gasteiger partial charge in [0, 0.05) is 64.3 Å². The van der Waals surface area contributed by atoms with Crippen molar-refractivity contribution < 1.29 is 37.1 Å². The Labute approximate surface area is 188 Å². The molecule has 0 spiro atoms. The van der Waals surface area contributed by atoms with E-state index in [-0.39, 0.29) is 12.8 Å². The highest BCUT2D eigenvalue weighted by atomic mass is 19.4. The van der Waals surface area contributed by atoms with E-state index in [1.165, 1.54) is 17.0 Å². The van der Waals surface area contributed by atoms with Gasteiger partial charge in [0.05, 0.1) is 18.8 Å². The summed E-state index contributed by atoms with van der Waals surface area (Å²) < 4.78 is 45.2. The number of hydroxylamine groups is 2. The van der Waals surface area contributed by atoms with Crippen LogP contribution in [0, 0.1) is 0 Å². The maximum Gasteiger partial charge on any atom is 0.434 e. The predicted octanol–water partition coefficient (Wildman–Crippen LogP) is 1.86. The Bertz CT molecular complexity index is 896. The van der Waals surface area contributed by atoms with Crippen LogP contribution in [0.2, 0.25) is 0 Å². The number of piperazine rings is 1. The molecule has 3 amide bonds. The highest BCUT2D eigenvalue weighted by Gasteiger charge is 2.35. The standard InChI is InChI=1S/C21H25F3N4O5/c22-21(23,24)16-2-1-15(17(13-16)26-9-11-32-12-10-26)14-25-5-7-27(8-6-25)20(31)33-28-18(29)3-4-19(28)30/h1-2,13H,3-12,14H2. The van der Waals surface area contributed by atoms with E-state index in [0.29, 0.717) is 69.8 Å². The predicted molar refractivity (Wildman–Crippen MR) is 109 cm³/mol. The Morgan fingerprint density at radius 1 is 0.970 bits per heavy atom. The zero-order chi connectivity index (χ0) is 23.6. The van der Waals surface area contributed by atoms with Crippen LogP contribution in [0.3, 0.4) is 0 Å². The molecular formula is C21H25F3N4O5. The van der Waals surface area contributed by atoms with Crippen LogP contribution >= 0.6 is 0 Å². The SMILES string of the molecule is O=C(ON1C(=O)CCC1=O)N1CCN(Cc2ccc(C(F)(F)F)cc2N2CCOCC2)CC1. The number of benzene rings is 1. The van der Waals surface area contributed by atoms with Crippen LogP contribution in [0.15, 0.2) is 18.2 Å². The summed E-state index contributed by atoms with van der Waals surface area (Å²) in [6.07, 6.45) is -5.14. The molecule has 0 N–H and O–H groups in total. The number of amides is 3. The van der Waals surface area contributed by atoms with Gasteiger partial charge < -0.3 is 19.4 Å². The molecule has 3 fully saturated rings. The number of anilines is 1. The number of nitrogens with zero attached hydrogens (tertiary/aromatic N) is 4. The Morgan fingerprint density at radius 2 is 1.61 bits per heavy atom. The molecule has 4 rings (SSSR count). The lowest BCUT2D eigenvalue weighted by Gasteiger charge is -2.36. The molecule has 0 atom stereocenters. The zero-order valence-electron chi connectivity index (χ0n) is 18.0. The average molecular weight is 470 g/mol. The van der Waals surface area contributed by atoms with Gasteiger partial charge in [-0.15, -0.1) is 5.06 Å². The van der Waals surface area contributed by atoms with Gasteiger partial charge in [-0.3, -0.25) is 14.5 Å². The van der Waals surface area contributed by atoms with E-state index in [4.69, 9.17) is 9.57 Å². The van der Waals surface area contributed by atoms with Gasteiger partial charge in [-0.2, -0.15) is 13.2 Å². The first-order chi connectivity index (χ1) is 15.7. The largest absolute Gasteiger partial charge is 0.434 e. The van der Waals surface area contributed by atoms with Gasteiger partial charge >= 0.3 is 12.3 Å². The van der Waals surface area contributed by atoms with Crippen molar-refractivity contribution in [1.82, 2.24) is 14.9 Å². The fourth-order valence-electron chi connectivity index (χ4n) is 4.10. The highest BCUT2D eigenvalue weighted by Crippen LogP contribution is 2.34. The number of carbonyl (C=O) groups is 3. The number of morpholine rings is 1. The van der Waals surface area contributed by atoms with Crippen molar-refractivity contribution in [1.29, 1.82) is 0 Å². The third-order valence-electron chi connectivity index (χ3n) is 5.96. The molecule has 0 aromatic heterocycles. The second-order valence-electron chi connectivity index (χ2n) is 8.14. The van der Waals surface area contributed by atoms with Gasteiger partial charge in [0.15, 0.2) is 0 Å². The summed E-state index contributed by atoms with van der Waals surface area (Å²) >= 11 is 0. The molecule has 33 heavy (non-hydrogen) atoms. The van der Waals surface area contributed by atoms with E-state index in [1.54, 1.807) is 0 Å². The second kappa shape index (κ2) is 9.56. The summed E-state index contributed by atoms with van der Waals surface area (Å²) in [6, 6.07) is 3.80. The van der Waals surface area contributed by atoms with Crippen molar-refractivity contribution in [3.63, 3.8) is 0 Å². The molecule has 0 radical (unpaired) electrons. The molecule has 9 nitrogen and oxygen atoms in total. The second-order valence-corrected chi connectivity index (χ2v) is 8.14. The minimum absolute atomic E-state index is 0.0263. The van der Waals surface area contributed by atoms with Gasteiger partial charge in [0.25, 0.3) is 11.8 Å². The van der Waals surface area contributed by atoms with Crippen LogP contribution in [-0.2, 0) is 31.9 Å². The first-order valence-corrected chi connectivity index (χ1v) is 10.8. The molecule has 0 saturated carbocycles. The average Bonchev–Trinajstić information content (AvgIpc) is 3.11. The zero-order valence-corrected chi connectivity index (χ0v) is 18.0. The molecule has 12 heteroatoms. The van der Waals surface area contributed by atoms with Gasteiger partial charge in [0.1, 0.15) is 0 Å². The number of ether oxygens (including phenoxy) is 1. The summed E-state index contributed by atoms with van der Waals surface area (Å²) in [5.41, 5.74) is 0.626. The Kier molecular flexibility index (Phi) is 6.75. The molecule has 0 bridgehead atoms. The van der Waals surface area contributed by atoms with Crippen LogP contribution in [0.25, 0.3) is 0 Å². The Morgan fingerprint density at radius 3 is 2.21 bits per heavy atom. The van der Waals surface area contributed by atoms with Crippen LogP contribution in [-0.4, -0.2) is 85.3 Å². The third kappa shape index (κ3) is 5.38. The number of halogens is 3. The van der Waals surface area contributed by atoms with E-state index < -0.39 is 29.6 Å². The molecule has 1 aromatic carbocycles. The molecule has 0 unspecified atom stereocenters. The number of hydrogen-bond donors (Lipinski definition) is 0. The summed E-state index contributed by atoms with van der Waals surface area (Å²) in [5.74, 6) is -1.07. The van der Waals surface area contributed by atoms with Crippen LogP contribution < -0.4 is 4.90 Å². The minimum Gasteiger partial charge on any atom is -0.378 e. The highest BCUT2D eigenvalue weighted by molar-refractivity contribution is 6.01. The molecule has 3 aliphatic rings. The first kappa shape index (κ1) is 23.3. The maximum absolute atomic E-state index is 13.3. The van der Waals surface area contributed by atoms with Crippen molar-refractivity contribution in [3.05, 3.63) is 29.3 Å². The number of carbonyl (C=O) groups excluding carboxylic acids is 3. The van der Waals surface area contributed by atoms with Crippen molar-refractivity contribution in [2.24, 2.45) is 0 Å². The molecule has 3 saturated heterocycles. The Hall–Kier alpha value is -2.86. The minimum atomic E-state index is -4.43. The first-order valence-electron chi connectivity index (χ1n) is 10.8. The fourth-order valence-corrected chi connectivity index (χ4v) is 4.10. The van der Waals surface area contributed by atoms with Gasteiger partial charge in [0.2, 0.25) is 0 Å². The number of alkyl halides is 3. The summed E-state index contributed by atoms with van der Waals surface area (Å²) in [5, 5.41) is 0.519.